The maximum Gasteiger partial charge on any atom is 0.360 e. The van der Waals surface area contributed by atoms with Crippen LogP contribution in [0.3, 0.4) is 0 Å². The fourth-order valence-corrected chi connectivity index (χ4v) is 1.49. The number of aromatic carboxylic acids is 1. The van der Waals surface area contributed by atoms with Crippen molar-refractivity contribution >= 4 is 5.97 Å². The van der Waals surface area contributed by atoms with Gasteiger partial charge in [0.25, 0.3) is 0 Å². The van der Waals surface area contributed by atoms with Crippen LogP contribution in [0.5, 0.6) is 5.88 Å². The van der Waals surface area contributed by atoms with Crippen LogP contribution in [-0.2, 0) is 6.54 Å². The normalized spacial score (nSPS) is 18.4. The van der Waals surface area contributed by atoms with Crippen LogP contribution in [0.25, 0.3) is 0 Å². The topological polar surface area (TPSA) is 64.4 Å². The molecule has 0 spiro atoms. The molecule has 0 unspecified atom stereocenters. The van der Waals surface area contributed by atoms with E-state index in [1.165, 1.54) is 6.33 Å². The molecule has 1 aliphatic heterocycles. The average molecular weight is 196 g/mol. The summed E-state index contributed by atoms with van der Waals surface area (Å²) in [6, 6.07) is 0. The molecule has 0 amide bonds. The van der Waals surface area contributed by atoms with Crippen LogP contribution in [0.15, 0.2) is 6.33 Å². The number of carboxylic acid groups (broad SMARTS) is 1. The largest absolute Gasteiger partial charge is 0.476 e. The van der Waals surface area contributed by atoms with E-state index in [4.69, 9.17) is 9.84 Å². The second-order valence-corrected chi connectivity index (χ2v) is 4.01. The predicted octanol–water partition coefficient (Wildman–Crippen LogP) is 1.14. The van der Waals surface area contributed by atoms with Crippen LogP contribution in [0, 0.1) is 0 Å². The van der Waals surface area contributed by atoms with Crippen LogP contribution in [0.1, 0.15) is 30.8 Å². The summed E-state index contributed by atoms with van der Waals surface area (Å²) in [6.45, 7) is 4.63. The number of nitrogens with zero attached hydrogens (tertiary/aromatic N) is 2. The van der Waals surface area contributed by atoms with Gasteiger partial charge in [-0.2, -0.15) is 0 Å². The first-order valence-corrected chi connectivity index (χ1v) is 4.47. The fourth-order valence-electron chi connectivity index (χ4n) is 1.49. The van der Waals surface area contributed by atoms with Gasteiger partial charge in [0.15, 0.2) is 0 Å². The van der Waals surface area contributed by atoms with Crippen LogP contribution < -0.4 is 4.74 Å². The van der Waals surface area contributed by atoms with Crippen LogP contribution >= 0.6 is 0 Å². The number of ether oxygens (including phenoxy) is 1. The van der Waals surface area contributed by atoms with Gasteiger partial charge in [-0.1, -0.05) is 0 Å². The van der Waals surface area contributed by atoms with Gasteiger partial charge in [0, 0.05) is 13.0 Å². The molecule has 76 valence electrons. The van der Waals surface area contributed by atoms with E-state index < -0.39 is 5.97 Å². The Morgan fingerprint density at radius 1 is 1.71 bits per heavy atom. The maximum absolute atomic E-state index is 10.8. The summed E-state index contributed by atoms with van der Waals surface area (Å²) in [4.78, 5) is 14.6. The monoisotopic (exact) mass is 196 g/mol. The predicted molar refractivity (Wildman–Crippen MR) is 48.5 cm³/mol. The maximum atomic E-state index is 10.8. The number of carbonyl (C=O) groups is 1. The number of hydrogen-bond donors (Lipinski definition) is 1. The van der Waals surface area contributed by atoms with Gasteiger partial charge in [-0.05, 0) is 13.8 Å². The Balaban J connectivity index is 2.42. The van der Waals surface area contributed by atoms with Crippen molar-refractivity contribution in [3.63, 3.8) is 0 Å². The Morgan fingerprint density at radius 3 is 3.07 bits per heavy atom. The molecule has 2 rings (SSSR count). The summed E-state index contributed by atoms with van der Waals surface area (Å²) in [5.41, 5.74) is -0.307. The van der Waals surface area contributed by atoms with Crippen molar-refractivity contribution in [1.29, 1.82) is 0 Å². The number of aryl methyl sites for hydroxylation is 1. The summed E-state index contributed by atoms with van der Waals surface area (Å²) in [7, 11) is 0. The second kappa shape index (κ2) is 2.73. The number of carboxylic acids is 1. The molecule has 5 heteroatoms. The molecule has 1 N–H and O–H groups in total. The highest BCUT2D eigenvalue weighted by atomic mass is 16.5. The Morgan fingerprint density at radius 2 is 2.43 bits per heavy atom. The zero-order chi connectivity index (χ0) is 10.3. The molecule has 2 heterocycles. The van der Waals surface area contributed by atoms with Crippen molar-refractivity contribution in [2.75, 3.05) is 0 Å². The highest BCUT2D eigenvalue weighted by Gasteiger charge is 2.31. The van der Waals surface area contributed by atoms with Crippen molar-refractivity contribution in [1.82, 2.24) is 9.55 Å². The van der Waals surface area contributed by atoms with Gasteiger partial charge >= 0.3 is 5.97 Å². The summed E-state index contributed by atoms with van der Waals surface area (Å²) in [6.07, 6.45) is 2.36. The highest BCUT2D eigenvalue weighted by Crippen LogP contribution is 2.30. The minimum atomic E-state index is -1.04. The van der Waals surface area contributed by atoms with E-state index in [1.54, 1.807) is 4.57 Å². The van der Waals surface area contributed by atoms with Crippen LogP contribution in [-0.4, -0.2) is 26.2 Å². The molecule has 0 bridgehead atoms. The highest BCUT2D eigenvalue weighted by molar-refractivity contribution is 5.88. The third-order valence-electron chi connectivity index (χ3n) is 2.32. The number of rotatable bonds is 1. The molecule has 0 saturated heterocycles. The first-order chi connectivity index (χ1) is 6.49. The molecular formula is C9H12N2O3. The molecular weight excluding hydrogens is 184 g/mol. The lowest BCUT2D eigenvalue weighted by molar-refractivity contribution is 0.0519. The molecule has 1 aromatic rings. The van der Waals surface area contributed by atoms with E-state index in [0.717, 1.165) is 13.0 Å². The van der Waals surface area contributed by atoms with E-state index in [0.29, 0.717) is 5.88 Å². The number of imidazole rings is 1. The van der Waals surface area contributed by atoms with Crippen molar-refractivity contribution in [3.8, 4) is 5.88 Å². The minimum absolute atomic E-state index is 0.00206. The Labute approximate surface area is 81.3 Å². The van der Waals surface area contributed by atoms with Gasteiger partial charge in [-0.15, -0.1) is 0 Å². The molecule has 1 aromatic heterocycles. The molecule has 0 atom stereocenters. The average Bonchev–Trinajstić information content (AvgIpc) is 2.44. The Kier molecular flexibility index (Phi) is 1.77. The number of fused-ring (bicyclic) bond motifs is 1. The van der Waals surface area contributed by atoms with Crippen molar-refractivity contribution in [3.05, 3.63) is 12.0 Å². The second-order valence-electron chi connectivity index (χ2n) is 4.01. The summed E-state index contributed by atoms with van der Waals surface area (Å²) in [5.74, 6) is -0.676. The fraction of sp³-hybridized carbons (Fsp3) is 0.556. The third-order valence-corrected chi connectivity index (χ3v) is 2.32. The van der Waals surface area contributed by atoms with Gasteiger partial charge in [-0.25, -0.2) is 9.78 Å². The summed E-state index contributed by atoms with van der Waals surface area (Å²) < 4.78 is 7.30. The van der Waals surface area contributed by atoms with E-state index in [1.807, 2.05) is 13.8 Å². The van der Waals surface area contributed by atoms with Gasteiger partial charge in [0.05, 0.1) is 6.33 Å². The van der Waals surface area contributed by atoms with Gasteiger partial charge in [0.1, 0.15) is 5.60 Å². The van der Waals surface area contributed by atoms with Crippen LogP contribution in [0.4, 0.5) is 0 Å². The van der Waals surface area contributed by atoms with E-state index in [9.17, 15) is 4.79 Å². The zero-order valence-electron chi connectivity index (χ0n) is 8.15. The van der Waals surface area contributed by atoms with Gasteiger partial charge < -0.3 is 14.4 Å². The molecule has 1 aliphatic rings. The minimum Gasteiger partial charge on any atom is -0.476 e. The molecule has 14 heavy (non-hydrogen) atoms. The zero-order valence-corrected chi connectivity index (χ0v) is 8.15. The number of aromatic nitrogens is 2. The third kappa shape index (κ3) is 1.34. The molecule has 0 saturated carbocycles. The van der Waals surface area contributed by atoms with Crippen molar-refractivity contribution < 1.29 is 14.6 Å². The molecule has 5 nitrogen and oxygen atoms in total. The standard InChI is InChI=1S/C9H12N2O3/c1-9(2)3-4-11-5-10-6(8(12)13)7(11)14-9/h5H,3-4H2,1-2H3,(H,12,13). The smallest absolute Gasteiger partial charge is 0.360 e. The quantitative estimate of drug-likeness (QED) is 0.731. The lowest BCUT2D eigenvalue weighted by Crippen LogP contribution is -2.35. The van der Waals surface area contributed by atoms with Gasteiger partial charge in [0.2, 0.25) is 11.6 Å². The van der Waals surface area contributed by atoms with E-state index >= 15 is 0 Å². The van der Waals surface area contributed by atoms with Crippen molar-refractivity contribution in [2.24, 2.45) is 0 Å². The molecule has 0 aromatic carbocycles. The van der Waals surface area contributed by atoms with Crippen molar-refractivity contribution in [2.45, 2.75) is 32.4 Å². The van der Waals surface area contributed by atoms with Crippen LogP contribution in [0.2, 0.25) is 0 Å². The molecule has 0 fully saturated rings. The summed E-state index contributed by atoms with van der Waals surface area (Å²) in [5, 5.41) is 8.84. The Hall–Kier alpha value is -1.52. The lowest BCUT2D eigenvalue weighted by Gasteiger charge is -2.31. The first kappa shape index (κ1) is 9.05. The molecule has 0 radical (unpaired) electrons. The Bertz CT molecular complexity index is 381. The SMILES string of the molecule is CC1(C)CCn2cnc(C(=O)O)c2O1. The van der Waals surface area contributed by atoms with E-state index in [2.05, 4.69) is 4.98 Å². The number of hydrogen-bond acceptors (Lipinski definition) is 3. The first-order valence-electron chi connectivity index (χ1n) is 4.47. The van der Waals surface area contributed by atoms with E-state index in [-0.39, 0.29) is 11.3 Å². The van der Waals surface area contributed by atoms with Gasteiger partial charge in [-0.3, -0.25) is 0 Å². The molecule has 0 aliphatic carbocycles. The lowest BCUT2D eigenvalue weighted by atomic mass is 10.0. The summed E-state index contributed by atoms with van der Waals surface area (Å²) >= 11 is 0.